The summed E-state index contributed by atoms with van der Waals surface area (Å²) >= 11 is 9.10. The number of fused-ring (bicyclic) bond motifs is 1. The Morgan fingerprint density at radius 3 is 2.60 bits per heavy atom. The van der Waals surface area contributed by atoms with Gasteiger partial charge in [0, 0.05) is 24.4 Å². The van der Waals surface area contributed by atoms with Crippen LogP contribution in [-0.2, 0) is 6.42 Å². The lowest BCUT2D eigenvalue weighted by atomic mass is 9.87. The Labute approximate surface area is 132 Å². The van der Waals surface area contributed by atoms with Crippen LogP contribution in [0.2, 0.25) is 0 Å². The minimum absolute atomic E-state index is 0.0538. The van der Waals surface area contributed by atoms with Crippen molar-refractivity contribution >= 4 is 38.6 Å². The normalized spacial score (nSPS) is 13.9. The molecule has 0 saturated heterocycles. The lowest BCUT2D eigenvalue weighted by Gasteiger charge is -2.30. The number of nitrogens with zero attached hydrogens (tertiary/aromatic N) is 2. The van der Waals surface area contributed by atoms with E-state index in [1.54, 1.807) is 12.1 Å². The van der Waals surface area contributed by atoms with Crippen LogP contribution in [0.25, 0.3) is 11.0 Å². The molecule has 1 heterocycles. The fourth-order valence-electron chi connectivity index (χ4n) is 2.22. The molecule has 1 unspecified atom stereocenters. The molecule has 0 radical (unpaired) electrons. The van der Waals surface area contributed by atoms with Gasteiger partial charge in [-0.15, -0.1) is 11.6 Å². The Hall–Kier alpha value is -0.610. The molecule has 0 fully saturated rings. The van der Waals surface area contributed by atoms with Crippen molar-refractivity contribution < 1.29 is 4.39 Å². The van der Waals surface area contributed by atoms with Gasteiger partial charge in [0.05, 0.1) is 15.5 Å². The molecule has 2 nitrogen and oxygen atoms in total. The van der Waals surface area contributed by atoms with Crippen LogP contribution in [0.3, 0.4) is 0 Å². The minimum Gasteiger partial charge on any atom is -0.324 e. The lowest BCUT2D eigenvalue weighted by Crippen LogP contribution is -2.23. The Balaban J connectivity index is 2.71. The van der Waals surface area contributed by atoms with E-state index in [-0.39, 0.29) is 17.3 Å². The second kappa shape index (κ2) is 5.64. The van der Waals surface area contributed by atoms with Gasteiger partial charge in [-0.2, -0.15) is 0 Å². The Bertz CT molecular complexity index is 631. The number of imidazole rings is 1. The summed E-state index contributed by atoms with van der Waals surface area (Å²) in [5.41, 5.74) is 1.68. The predicted octanol–water partition coefficient (Wildman–Crippen LogP) is 5.33. The van der Waals surface area contributed by atoms with Crippen molar-refractivity contribution in [2.45, 2.75) is 40.2 Å². The van der Waals surface area contributed by atoms with E-state index in [2.05, 4.69) is 53.2 Å². The summed E-state index contributed by atoms with van der Waals surface area (Å²) in [6.45, 7) is 8.65. The van der Waals surface area contributed by atoms with Gasteiger partial charge in [0.1, 0.15) is 11.6 Å². The summed E-state index contributed by atoms with van der Waals surface area (Å²) in [6, 6.07) is 3.48. The quantitative estimate of drug-likeness (QED) is 0.676. The molecule has 0 aliphatic carbocycles. The topological polar surface area (TPSA) is 17.8 Å². The highest BCUT2D eigenvalue weighted by molar-refractivity contribution is 9.10. The maximum absolute atomic E-state index is 13.9. The van der Waals surface area contributed by atoms with Crippen molar-refractivity contribution in [3.05, 3.63) is 28.2 Å². The standard InChI is InChI=1S/C15H19BrClFN2/c1-9(15(2,3)4)20-13-8-11(18)10(16)7-12(13)19-14(20)5-6-17/h7-9H,5-6H2,1-4H3. The summed E-state index contributed by atoms with van der Waals surface area (Å²) in [4.78, 5) is 4.62. The van der Waals surface area contributed by atoms with Gasteiger partial charge in [-0.25, -0.2) is 9.37 Å². The SMILES string of the molecule is CC(n1c(CCCl)nc2cc(Br)c(F)cc21)C(C)(C)C. The van der Waals surface area contributed by atoms with E-state index in [0.717, 1.165) is 16.9 Å². The third kappa shape index (κ3) is 2.86. The molecule has 0 amide bonds. The monoisotopic (exact) mass is 360 g/mol. The second-order valence-corrected chi connectivity index (χ2v) is 7.37. The Morgan fingerprint density at radius 2 is 2.05 bits per heavy atom. The zero-order chi connectivity index (χ0) is 15.1. The molecule has 5 heteroatoms. The van der Waals surface area contributed by atoms with Crippen molar-refractivity contribution in [1.29, 1.82) is 0 Å². The summed E-state index contributed by atoms with van der Waals surface area (Å²) in [5.74, 6) is 1.15. The first-order valence-electron chi connectivity index (χ1n) is 6.67. The number of aromatic nitrogens is 2. The second-order valence-electron chi connectivity index (χ2n) is 6.13. The molecule has 1 atom stereocenters. The van der Waals surface area contributed by atoms with Crippen LogP contribution in [0.1, 0.15) is 39.6 Å². The van der Waals surface area contributed by atoms with Crippen molar-refractivity contribution in [3.63, 3.8) is 0 Å². The number of alkyl halides is 1. The number of benzene rings is 1. The highest BCUT2D eigenvalue weighted by atomic mass is 79.9. The fraction of sp³-hybridized carbons (Fsp3) is 0.533. The van der Waals surface area contributed by atoms with Crippen molar-refractivity contribution in [2.24, 2.45) is 5.41 Å². The van der Waals surface area contributed by atoms with Gasteiger partial charge in [-0.1, -0.05) is 20.8 Å². The lowest BCUT2D eigenvalue weighted by molar-refractivity contribution is 0.263. The van der Waals surface area contributed by atoms with Gasteiger partial charge in [-0.3, -0.25) is 0 Å². The van der Waals surface area contributed by atoms with Crippen molar-refractivity contribution in [3.8, 4) is 0 Å². The molecule has 0 spiro atoms. The molecule has 0 saturated carbocycles. The van der Waals surface area contributed by atoms with E-state index < -0.39 is 0 Å². The number of halogens is 3. The summed E-state index contributed by atoms with van der Waals surface area (Å²) in [6.07, 6.45) is 0.676. The van der Waals surface area contributed by atoms with E-state index in [9.17, 15) is 4.39 Å². The molecule has 2 aromatic rings. The van der Waals surface area contributed by atoms with Crippen LogP contribution in [0.15, 0.2) is 16.6 Å². The van der Waals surface area contributed by atoms with Crippen LogP contribution in [0.4, 0.5) is 4.39 Å². The summed E-state index contributed by atoms with van der Waals surface area (Å²) in [7, 11) is 0. The molecule has 20 heavy (non-hydrogen) atoms. The zero-order valence-electron chi connectivity index (χ0n) is 12.2. The highest BCUT2D eigenvalue weighted by Crippen LogP contribution is 2.35. The highest BCUT2D eigenvalue weighted by Gasteiger charge is 2.26. The Morgan fingerprint density at radius 1 is 1.40 bits per heavy atom. The molecule has 1 aromatic carbocycles. The molecule has 0 N–H and O–H groups in total. The van der Waals surface area contributed by atoms with E-state index in [1.165, 1.54) is 0 Å². The first kappa shape index (κ1) is 15.8. The number of hydrogen-bond acceptors (Lipinski definition) is 1. The number of hydrogen-bond donors (Lipinski definition) is 0. The average Bonchev–Trinajstić information content (AvgIpc) is 2.65. The summed E-state index contributed by atoms with van der Waals surface area (Å²) < 4.78 is 16.4. The van der Waals surface area contributed by atoms with Crippen LogP contribution in [-0.4, -0.2) is 15.4 Å². The maximum atomic E-state index is 13.9. The average molecular weight is 362 g/mol. The molecular weight excluding hydrogens is 343 g/mol. The molecular formula is C15H19BrClFN2. The van der Waals surface area contributed by atoms with Gasteiger partial charge in [0.25, 0.3) is 0 Å². The first-order valence-corrected chi connectivity index (χ1v) is 8.00. The molecule has 2 rings (SSSR count). The molecule has 110 valence electrons. The van der Waals surface area contributed by atoms with E-state index >= 15 is 0 Å². The minimum atomic E-state index is -0.266. The van der Waals surface area contributed by atoms with Gasteiger partial charge in [0.2, 0.25) is 0 Å². The zero-order valence-corrected chi connectivity index (χ0v) is 14.5. The third-order valence-corrected chi connectivity index (χ3v) is 4.56. The number of aryl methyl sites for hydroxylation is 1. The largest absolute Gasteiger partial charge is 0.324 e. The molecule has 0 bridgehead atoms. The van der Waals surface area contributed by atoms with Gasteiger partial charge in [-0.05, 0) is 34.3 Å². The van der Waals surface area contributed by atoms with Crippen LogP contribution in [0.5, 0.6) is 0 Å². The van der Waals surface area contributed by atoms with E-state index in [1.807, 2.05) is 0 Å². The van der Waals surface area contributed by atoms with Crippen molar-refractivity contribution in [1.82, 2.24) is 9.55 Å². The molecule has 0 aliphatic rings. The smallest absolute Gasteiger partial charge is 0.139 e. The summed E-state index contributed by atoms with van der Waals surface area (Å²) in [5, 5.41) is 0. The predicted molar refractivity (Wildman–Crippen MR) is 86.0 cm³/mol. The maximum Gasteiger partial charge on any atom is 0.139 e. The third-order valence-electron chi connectivity index (χ3n) is 3.76. The first-order chi connectivity index (χ1) is 9.25. The number of rotatable bonds is 3. The van der Waals surface area contributed by atoms with E-state index in [0.29, 0.717) is 16.8 Å². The van der Waals surface area contributed by atoms with Crippen LogP contribution in [0, 0.1) is 11.2 Å². The van der Waals surface area contributed by atoms with Gasteiger partial charge in [0.15, 0.2) is 0 Å². The Kier molecular flexibility index (Phi) is 4.45. The molecule has 1 aromatic heterocycles. The van der Waals surface area contributed by atoms with E-state index in [4.69, 9.17) is 11.6 Å². The fourth-order valence-corrected chi connectivity index (χ4v) is 2.72. The van der Waals surface area contributed by atoms with Gasteiger partial charge < -0.3 is 4.57 Å². The van der Waals surface area contributed by atoms with Crippen LogP contribution >= 0.6 is 27.5 Å². The van der Waals surface area contributed by atoms with Crippen LogP contribution < -0.4 is 0 Å². The van der Waals surface area contributed by atoms with Crippen molar-refractivity contribution in [2.75, 3.05) is 5.88 Å². The molecule has 0 aliphatic heterocycles. The van der Waals surface area contributed by atoms with Gasteiger partial charge >= 0.3 is 0 Å².